The molecule has 6 nitrogen and oxygen atoms in total. The lowest BCUT2D eigenvalue weighted by molar-refractivity contribution is -0.127. The van der Waals surface area contributed by atoms with Crippen molar-refractivity contribution < 1.29 is 14.3 Å². The summed E-state index contributed by atoms with van der Waals surface area (Å²) in [5.74, 6) is 0.203. The molecule has 1 fully saturated rings. The third kappa shape index (κ3) is 4.60. The summed E-state index contributed by atoms with van der Waals surface area (Å²) in [7, 11) is 0. The first-order valence-electron chi connectivity index (χ1n) is 7.23. The highest BCUT2D eigenvalue weighted by Crippen LogP contribution is 2.24. The number of benzene rings is 1. The maximum atomic E-state index is 12.1. The van der Waals surface area contributed by atoms with Crippen LogP contribution >= 0.6 is 0 Å². The van der Waals surface area contributed by atoms with Gasteiger partial charge in [-0.15, -0.1) is 0 Å². The molecule has 3 N–H and O–H groups in total. The zero-order valence-corrected chi connectivity index (χ0v) is 12.6. The molecule has 1 aromatic carbocycles. The first-order chi connectivity index (χ1) is 10.6. The van der Waals surface area contributed by atoms with Crippen LogP contribution in [0.4, 0.5) is 5.69 Å². The van der Waals surface area contributed by atoms with Crippen molar-refractivity contribution >= 4 is 17.5 Å². The molecule has 118 valence electrons. The molecule has 1 aliphatic heterocycles. The Hall–Kier alpha value is -2.34. The molecule has 1 aliphatic rings. The summed E-state index contributed by atoms with van der Waals surface area (Å²) in [5.41, 5.74) is 1.48. The molecule has 1 saturated heterocycles. The number of nitrogens with one attached hydrogen (secondary N) is 3. The fourth-order valence-corrected chi connectivity index (χ4v) is 2.10. The Morgan fingerprint density at radius 1 is 1.41 bits per heavy atom. The van der Waals surface area contributed by atoms with Crippen LogP contribution in [-0.4, -0.2) is 37.6 Å². The van der Waals surface area contributed by atoms with Gasteiger partial charge in [0.1, 0.15) is 12.4 Å². The minimum Gasteiger partial charge on any atom is -0.487 e. The van der Waals surface area contributed by atoms with E-state index >= 15 is 0 Å². The van der Waals surface area contributed by atoms with Crippen LogP contribution in [0.5, 0.6) is 5.75 Å². The predicted molar refractivity (Wildman–Crippen MR) is 84.8 cm³/mol. The van der Waals surface area contributed by atoms with E-state index in [-0.39, 0.29) is 18.2 Å². The van der Waals surface area contributed by atoms with Crippen molar-refractivity contribution in [2.45, 2.75) is 19.4 Å². The number of carbonyl (C=O) groups excluding carboxylic acids is 2. The first kappa shape index (κ1) is 16.0. The first-order valence-corrected chi connectivity index (χ1v) is 7.23. The Balaban J connectivity index is 1.96. The van der Waals surface area contributed by atoms with E-state index in [0.29, 0.717) is 31.1 Å². The number of rotatable bonds is 6. The molecule has 1 heterocycles. The van der Waals surface area contributed by atoms with Gasteiger partial charge in [0.25, 0.3) is 0 Å². The van der Waals surface area contributed by atoms with E-state index in [0.717, 1.165) is 5.57 Å². The SMILES string of the molecule is C=C(C)COc1ccccc1NC(=O)CC1NCCNC1=O. The number of hydrogen-bond acceptors (Lipinski definition) is 4. The molecule has 6 heteroatoms. The third-order valence-electron chi connectivity index (χ3n) is 3.16. The van der Waals surface area contributed by atoms with Crippen LogP contribution in [0.15, 0.2) is 36.4 Å². The average molecular weight is 303 g/mol. The van der Waals surface area contributed by atoms with Crippen molar-refractivity contribution in [3.05, 3.63) is 36.4 Å². The van der Waals surface area contributed by atoms with Gasteiger partial charge in [0.15, 0.2) is 0 Å². The van der Waals surface area contributed by atoms with Gasteiger partial charge in [-0.25, -0.2) is 0 Å². The fourth-order valence-electron chi connectivity index (χ4n) is 2.10. The maximum Gasteiger partial charge on any atom is 0.237 e. The minimum absolute atomic E-state index is 0.0840. The van der Waals surface area contributed by atoms with Gasteiger partial charge in [0.05, 0.1) is 18.2 Å². The zero-order chi connectivity index (χ0) is 15.9. The standard InChI is InChI=1S/C16H21N3O3/c1-11(2)10-22-14-6-4-3-5-12(14)19-15(20)9-13-16(21)18-8-7-17-13/h3-6,13,17H,1,7-10H2,2H3,(H,18,21)(H,19,20). The van der Waals surface area contributed by atoms with E-state index in [4.69, 9.17) is 4.74 Å². The van der Waals surface area contributed by atoms with Gasteiger partial charge >= 0.3 is 0 Å². The largest absolute Gasteiger partial charge is 0.487 e. The summed E-state index contributed by atoms with van der Waals surface area (Å²) in [6, 6.07) is 6.70. The van der Waals surface area contributed by atoms with E-state index in [1.54, 1.807) is 12.1 Å². The predicted octanol–water partition coefficient (Wildman–Crippen LogP) is 1.06. The van der Waals surface area contributed by atoms with Crippen LogP contribution in [0.3, 0.4) is 0 Å². The Kier molecular flexibility index (Phi) is 5.55. The van der Waals surface area contributed by atoms with E-state index in [1.165, 1.54) is 0 Å². The van der Waals surface area contributed by atoms with Gasteiger partial charge in [-0.05, 0) is 24.6 Å². The summed E-state index contributed by atoms with van der Waals surface area (Å²) in [6.07, 6.45) is 0.0840. The molecule has 0 saturated carbocycles. The summed E-state index contributed by atoms with van der Waals surface area (Å²) in [5, 5.41) is 8.54. The average Bonchev–Trinajstić information content (AvgIpc) is 2.48. The van der Waals surface area contributed by atoms with E-state index in [2.05, 4.69) is 22.5 Å². The summed E-state index contributed by atoms with van der Waals surface area (Å²) < 4.78 is 5.60. The van der Waals surface area contributed by atoms with Crippen molar-refractivity contribution in [2.75, 3.05) is 25.0 Å². The Morgan fingerprint density at radius 3 is 2.91 bits per heavy atom. The monoisotopic (exact) mass is 303 g/mol. The summed E-state index contributed by atoms with van der Waals surface area (Å²) in [4.78, 5) is 23.8. The van der Waals surface area contributed by atoms with Crippen LogP contribution in [-0.2, 0) is 9.59 Å². The fraction of sp³-hybridized carbons (Fsp3) is 0.375. The molecule has 0 radical (unpaired) electrons. The lowest BCUT2D eigenvalue weighted by atomic mass is 10.1. The van der Waals surface area contributed by atoms with Crippen molar-refractivity contribution in [1.82, 2.24) is 10.6 Å². The second-order valence-electron chi connectivity index (χ2n) is 5.29. The van der Waals surface area contributed by atoms with Crippen molar-refractivity contribution in [3.63, 3.8) is 0 Å². The summed E-state index contributed by atoms with van der Waals surface area (Å²) in [6.45, 7) is 7.30. The third-order valence-corrected chi connectivity index (χ3v) is 3.16. The van der Waals surface area contributed by atoms with Crippen LogP contribution in [0.25, 0.3) is 0 Å². The quantitative estimate of drug-likeness (QED) is 0.687. The maximum absolute atomic E-state index is 12.1. The van der Waals surface area contributed by atoms with Crippen LogP contribution in [0.1, 0.15) is 13.3 Å². The lowest BCUT2D eigenvalue weighted by Gasteiger charge is -2.23. The number of ether oxygens (including phenoxy) is 1. The van der Waals surface area contributed by atoms with E-state index in [1.807, 2.05) is 19.1 Å². The molecule has 2 rings (SSSR count). The number of amides is 2. The molecule has 1 atom stereocenters. The molecule has 0 aromatic heterocycles. The highest BCUT2D eigenvalue weighted by Gasteiger charge is 2.24. The van der Waals surface area contributed by atoms with Gasteiger partial charge in [0.2, 0.25) is 11.8 Å². The van der Waals surface area contributed by atoms with Crippen LogP contribution in [0, 0.1) is 0 Å². The van der Waals surface area contributed by atoms with Gasteiger partial charge in [-0.3, -0.25) is 9.59 Å². The Labute approximate surface area is 129 Å². The molecule has 1 aromatic rings. The van der Waals surface area contributed by atoms with Crippen LogP contribution < -0.4 is 20.7 Å². The second kappa shape index (κ2) is 7.61. The highest BCUT2D eigenvalue weighted by atomic mass is 16.5. The molecule has 0 spiro atoms. The second-order valence-corrected chi connectivity index (χ2v) is 5.29. The molecule has 2 amide bonds. The van der Waals surface area contributed by atoms with Crippen molar-refractivity contribution in [1.29, 1.82) is 0 Å². The molecule has 0 bridgehead atoms. The topological polar surface area (TPSA) is 79.5 Å². The van der Waals surface area contributed by atoms with Gasteiger partial charge in [-0.1, -0.05) is 18.7 Å². The van der Waals surface area contributed by atoms with E-state index in [9.17, 15) is 9.59 Å². The number of hydrogen-bond donors (Lipinski definition) is 3. The van der Waals surface area contributed by atoms with E-state index < -0.39 is 6.04 Å². The molecule has 0 aliphatic carbocycles. The van der Waals surface area contributed by atoms with Gasteiger partial charge in [-0.2, -0.15) is 0 Å². The smallest absolute Gasteiger partial charge is 0.237 e. The minimum atomic E-state index is -0.489. The van der Waals surface area contributed by atoms with Gasteiger partial charge in [0, 0.05) is 13.1 Å². The Bertz CT molecular complexity index is 572. The Morgan fingerprint density at radius 2 is 2.18 bits per heavy atom. The zero-order valence-electron chi connectivity index (χ0n) is 12.6. The van der Waals surface area contributed by atoms with Crippen LogP contribution in [0.2, 0.25) is 0 Å². The molecular formula is C16H21N3O3. The molecule has 1 unspecified atom stereocenters. The van der Waals surface area contributed by atoms with Crippen molar-refractivity contribution in [2.24, 2.45) is 0 Å². The summed E-state index contributed by atoms with van der Waals surface area (Å²) >= 11 is 0. The van der Waals surface area contributed by atoms with Crippen molar-refractivity contribution in [3.8, 4) is 5.75 Å². The lowest BCUT2D eigenvalue weighted by Crippen LogP contribution is -2.53. The van der Waals surface area contributed by atoms with Gasteiger partial charge < -0.3 is 20.7 Å². The molecule has 22 heavy (non-hydrogen) atoms. The number of carbonyl (C=O) groups is 2. The normalized spacial score (nSPS) is 17.5. The molecular weight excluding hydrogens is 282 g/mol. The highest BCUT2D eigenvalue weighted by molar-refractivity contribution is 5.96. The number of piperazine rings is 1. The number of para-hydroxylation sites is 2. The number of anilines is 1.